The summed E-state index contributed by atoms with van der Waals surface area (Å²) in [6.07, 6.45) is 3.95. The lowest BCUT2D eigenvalue weighted by Crippen LogP contribution is -2.10. The molecular weight excluding hydrogens is 440 g/mol. The smallest absolute Gasteiger partial charge is 0.182 e. The van der Waals surface area contributed by atoms with Crippen molar-refractivity contribution in [1.29, 1.82) is 0 Å². The molecule has 0 N–H and O–H groups in total. The minimum atomic E-state index is 0.119. The number of hydrogen-bond donors (Lipinski definition) is 0. The van der Waals surface area contributed by atoms with Crippen molar-refractivity contribution < 1.29 is 0 Å². The first-order valence-electron chi connectivity index (χ1n) is 12.6. The van der Waals surface area contributed by atoms with Crippen LogP contribution in [-0.2, 0) is 10.8 Å². The van der Waals surface area contributed by atoms with Crippen molar-refractivity contribution >= 4 is 22.3 Å². The van der Waals surface area contributed by atoms with E-state index >= 15 is 0 Å². The predicted molar refractivity (Wildman–Crippen MR) is 150 cm³/mol. The van der Waals surface area contributed by atoms with Crippen molar-refractivity contribution in [3.05, 3.63) is 96.3 Å². The minimum Gasteiger partial charge on any atom is -0.288 e. The van der Waals surface area contributed by atoms with Crippen LogP contribution in [0.15, 0.2) is 85.2 Å². The van der Waals surface area contributed by atoms with E-state index in [1.54, 1.807) is 0 Å². The van der Waals surface area contributed by atoms with Gasteiger partial charge in [0.25, 0.3) is 0 Å². The molecule has 0 radical (unpaired) electrons. The van der Waals surface area contributed by atoms with Crippen LogP contribution in [0.3, 0.4) is 0 Å². The van der Waals surface area contributed by atoms with E-state index in [-0.39, 0.29) is 10.8 Å². The zero-order chi connectivity index (χ0) is 25.2. The van der Waals surface area contributed by atoms with Crippen molar-refractivity contribution in [3.8, 4) is 22.5 Å². The van der Waals surface area contributed by atoms with E-state index in [4.69, 9.17) is 9.97 Å². The maximum Gasteiger partial charge on any atom is 0.182 e. The molecule has 0 aliphatic rings. The van der Waals surface area contributed by atoms with E-state index in [0.29, 0.717) is 0 Å². The highest BCUT2D eigenvalue weighted by Gasteiger charge is 2.20. The Balaban J connectivity index is 1.58. The predicted octanol–water partition coefficient (Wildman–Crippen LogP) is 8.06. The van der Waals surface area contributed by atoms with Gasteiger partial charge in [0.05, 0.1) is 34.8 Å². The maximum atomic E-state index is 4.88. The van der Waals surface area contributed by atoms with Gasteiger partial charge in [0.15, 0.2) is 11.3 Å². The van der Waals surface area contributed by atoms with Crippen molar-refractivity contribution in [2.75, 3.05) is 0 Å². The number of imidazole rings is 2. The minimum absolute atomic E-state index is 0.119. The summed E-state index contributed by atoms with van der Waals surface area (Å²) >= 11 is 0. The Labute approximate surface area is 212 Å². The summed E-state index contributed by atoms with van der Waals surface area (Å²) < 4.78 is 4.49. The molecule has 0 fully saturated rings. The number of para-hydroxylation sites is 2. The van der Waals surface area contributed by atoms with Crippen LogP contribution < -0.4 is 0 Å². The summed E-state index contributed by atoms with van der Waals surface area (Å²) in [7, 11) is 0. The van der Waals surface area contributed by atoms with E-state index in [0.717, 1.165) is 44.8 Å². The third-order valence-corrected chi connectivity index (χ3v) is 7.18. The molecule has 0 amide bonds. The highest BCUT2D eigenvalue weighted by atomic mass is 15.1. The fourth-order valence-corrected chi connectivity index (χ4v) is 5.04. The molecule has 0 atom stereocenters. The Morgan fingerprint density at radius 2 is 0.861 bits per heavy atom. The van der Waals surface area contributed by atoms with Gasteiger partial charge in [0.2, 0.25) is 0 Å². The normalized spacial score (nSPS) is 12.7. The van der Waals surface area contributed by atoms with Gasteiger partial charge in [-0.3, -0.25) is 8.80 Å². The van der Waals surface area contributed by atoms with Crippen LogP contribution in [0.1, 0.15) is 52.7 Å². The molecule has 0 saturated carbocycles. The summed E-state index contributed by atoms with van der Waals surface area (Å²) in [5.74, 6) is 0. The van der Waals surface area contributed by atoms with Crippen molar-refractivity contribution in [2.45, 2.75) is 52.4 Å². The highest BCUT2D eigenvalue weighted by molar-refractivity contribution is 5.91. The third-order valence-electron chi connectivity index (χ3n) is 7.18. The van der Waals surface area contributed by atoms with Crippen molar-refractivity contribution in [3.63, 3.8) is 0 Å². The second-order valence-electron chi connectivity index (χ2n) is 11.7. The number of nitrogens with zero attached hydrogens (tertiary/aromatic N) is 4. The van der Waals surface area contributed by atoms with E-state index in [1.165, 1.54) is 11.1 Å². The average molecular weight is 473 g/mol. The van der Waals surface area contributed by atoms with Crippen LogP contribution in [0.4, 0.5) is 0 Å². The van der Waals surface area contributed by atoms with Gasteiger partial charge >= 0.3 is 0 Å². The molecule has 0 unspecified atom stereocenters. The average Bonchev–Trinajstić information content (AvgIpc) is 3.48. The molecule has 4 heteroatoms. The second kappa shape index (κ2) is 7.79. The number of fused-ring (bicyclic) bond motifs is 6. The second-order valence-corrected chi connectivity index (χ2v) is 11.7. The lowest BCUT2D eigenvalue weighted by Gasteiger charge is -2.19. The van der Waals surface area contributed by atoms with E-state index in [2.05, 4.69) is 123 Å². The zero-order valence-electron chi connectivity index (χ0n) is 21.9. The summed E-state index contributed by atoms with van der Waals surface area (Å²) in [4.78, 5) is 9.76. The van der Waals surface area contributed by atoms with Gasteiger partial charge in [0.1, 0.15) is 0 Å². The molecule has 6 aromatic rings. The molecular formula is C32H32N4. The van der Waals surface area contributed by atoms with Crippen LogP contribution in [-0.4, -0.2) is 18.8 Å². The Morgan fingerprint density at radius 3 is 1.19 bits per heavy atom. The van der Waals surface area contributed by atoms with Gasteiger partial charge in [0, 0.05) is 11.1 Å². The Morgan fingerprint density at radius 1 is 0.500 bits per heavy atom. The van der Waals surface area contributed by atoms with Gasteiger partial charge in [-0.05, 0) is 34.1 Å². The standard InChI is InChI=1S/C32H32N4/c1-31(2,3)23-15-11-21(12-16-23)27-19-33-29-30-34-20-28(22-13-17-24(18-14-22)32(4,5)6)36(30)26-10-8-7-9-25(26)35(27)29/h7-20H,1-6H3. The molecule has 36 heavy (non-hydrogen) atoms. The molecule has 3 aromatic heterocycles. The molecule has 180 valence electrons. The monoisotopic (exact) mass is 472 g/mol. The van der Waals surface area contributed by atoms with E-state index in [1.807, 2.05) is 12.4 Å². The molecule has 0 aliphatic carbocycles. The largest absolute Gasteiger partial charge is 0.288 e. The van der Waals surface area contributed by atoms with Gasteiger partial charge in [-0.25, -0.2) is 9.97 Å². The van der Waals surface area contributed by atoms with Crippen molar-refractivity contribution in [1.82, 2.24) is 18.8 Å². The van der Waals surface area contributed by atoms with Crippen LogP contribution >= 0.6 is 0 Å². The molecule has 0 saturated heterocycles. The fourth-order valence-electron chi connectivity index (χ4n) is 5.04. The first kappa shape index (κ1) is 22.5. The van der Waals surface area contributed by atoms with Crippen molar-refractivity contribution in [2.24, 2.45) is 0 Å². The molecule has 3 heterocycles. The molecule has 0 spiro atoms. The molecule has 0 aliphatic heterocycles. The fraction of sp³-hybridized carbons (Fsp3) is 0.250. The molecule has 0 bridgehead atoms. The molecule has 4 nitrogen and oxygen atoms in total. The van der Waals surface area contributed by atoms with Crippen LogP contribution in [0, 0.1) is 0 Å². The molecule has 6 rings (SSSR count). The number of rotatable bonds is 2. The van der Waals surface area contributed by atoms with Crippen LogP contribution in [0.2, 0.25) is 0 Å². The van der Waals surface area contributed by atoms with E-state index in [9.17, 15) is 0 Å². The van der Waals surface area contributed by atoms with Crippen LogP contribution in [0.25, 0.3) is 44.8 Å². The maximum absolute atomic E-state index is 4.88. The van der Waals surface area contributed by atoms with E-state index < -0.39 is 0 Å². The Hall–Kier alpha value is -3.92. The quantitative estimate of drug-likeness (QED) is 0.255. The number of aromatic nitrogens is 4. The van der Waals surface area contributed by atoms with Gasteiger partial charge in [-0.15, -0.1) is 0 Å². The van der Waals surface area contributed by atoms with Gasteiger partial charge < -0.3 is 0 Å². The van der Waals surface area contributed by atoms with Gasteiger partial charge in [-0.2, -0.15) is 0 Å². The summed E-state index contributed by atoms with van der Waals surface area (Å²) in [5, 5.41) is 0. The Kier molecular flexibility index (Phi) is 4.88. The molecule has 3 aromatic carbocycles. The van der Waals surface area contributed by atoms with Gasteiger partial charge in [-0.1, -0.05) is 102 Å². The first-order valence-corrected chi connectivity index (χ1v) is 12.6. The lowest BCUT2D eigenvalue weighted by molar-refractivity contribution is 0.590. The zero-order valence-corrected chi connectivity index (χ0v) is 21.9. The summed E-state index contributed by atoms with van der Waals surface area (Å²) in [5.41, 5.74) is 11.3. The number of hydrogen-bond acceptors (Lipinski definition) is 2. The summed E-state index contributed by atoms with van der Waals surface area (Å²) in [6, 6.07) is 26.2. The number of benzene rings is 3. The SMILES string of the molecule is CC(C)(C)c1ccc(-c2cnc3c4ncc(-c5ccc(C(C)(C)C)cc5)n4c4ccccc4n23)cc1. The highest BCUT2D eigenvalue weighted by Crippen LogP contribution is 2.33. The van der Waals surface area contributed by atoms with Crippen LogP contribution in [0.5, 0.6) is 0 Å². The topological polar surface area (TPSA) is 34.6 Å². The lowest BCUT2D eigenvalue weighted by atomic mass is 9.86. The Bertz CT molecular complexity index is 1590. The first-order chi connectivity index (χ1) is 17.1. The summed E-state index contributed by atoms with van der Waals surface area (Å²) in [6.45, 7) is 13.5. The third kappa shape index (κ3) is 3.51.